The Balaban J connectivity index is 2.74. The van der Waals surface area contributed by atoms with E-state index in [1.165, 1.54) is 0 Å². The Bertz CT molecular complexity index is 390. The predicted octanol–water partition coefficient (Wildman–Crippen LogP) is 1.58. The number of amides is 1. The Kier molecular flexibility index (Phi) is 5.82. The van der Waals surface area contributed by atoms with Crippen LogP contribution < -0.4 is 5.32 Å². The van der Waals surface area contributed by atoms with Gasteiger partial charge in [0.2, 0.25) is 0 Å². The van der Waals surface area contributed by atoms with Crippen LogP contribution in [-0.2, 0) is 11.3 Å². The highest BCUT2D eigenvalue weighted by atomic mass is 16.5. The van der Waals surface area contributed by atoms with Gasteiger partial charge < -0.3 is 15.2 Å². The quantitative estimate of drug-likeness (QED) is 0.807. The topological polar surface area (TPSA) is 58.6 Å². The first-order valence-electron chi connectivity index (χ1n) is 6.08. The van der Waals surface area contributed by atoms with Crippen molar-refractivity contribution in [1.82, 2.24) is 5.32 Å². The smallest absolute Gasteiger partial charge is 0.251 e. The van der Waals surface area contributed by atoms with E-state index in [9.17, 15) is 9.90 Å². The zero-order valence-corrected chi connectivity index (χ0v) is 11.1. The minimum absolute atomic E-state index is 0.0544. The van der Waals surface area contributed by atoms with E-state index in [-0.39, 0.29) is 24.5 Å². The Labute approximate surface area is 108 Å². The third kappa shape index (κ3) is 4.13. The Morgan fingerprint density at radius 1 is 1.44 bits per heavy atom. The summed E-state index contributed by atoms with van der Waals surface area (Å²) in [6, 6.07) is 7.07. The average molecular weight is 251 g/mol. The molecule has 0 aromatic heterocycles. The maximum absolute atomic E-state index is 12.0. The first-order chi connectivity index (χ1) is 8.58. The molecule has 0 spiro atoms. The lowest BCUT2D eigenvalue weighted by Crippen LogP contribution is -2.41. The molecule has 0 aliphatic carbocycles. The summed E-state index contributed by atoms with van der Waals surface area (Å²) >= 11 is 0. The lowest BCUT2D eigenvalue weighted by molar-refractivity contribution is 0.0896. The van der Waals surface area contributed by atoms with E-state index < -0.39 is 0 Å². The Hall–Kier alpha value is -1.39. The van der Waals surface area contributed by atoms with Crippen LogP contribution in [0.2, 0.25) is 0 Å². The van der Waals surface area contributed by atoms with Crippen molar-refractivity contribution in [2.45, 2.75) is 26.5 Å². The molecule has 0 aliphatic rings. The van der Waals surface area contributed by atoms with Gasteiger partial charge in [0, 0.05) is 12.7 Å². The van der Waals surface area contributed by atoms with Gasteiger partial charge in [0.05, 0.1) is 19.3 Å². The van der Waals surface area contributed by atoms with E-state index >= 15 is 0 Å². The van der Waals surface area contributed by atoms with Gasteiger partial charge in [-0.1, -0.05) is 26.0 Å². The molecule has 0 aliphatic heterocycles. The van der Waals surface area contributed by atoms with Crippen LogP contribution in [0.1, 0.15) is 29.8 Å². The zero-order chi connectivity index (χ0) is 13.5. The monoisotopic (exact) mass is 251 g/mol. The van der Waals surface area contributed by atoms with E-state index in [1.807, 2.05) is 26.0 Å². The number of rotatable bonds is 6. The SMILES string of the molecule is COCc1cccc(C(=O)N[C@H](CO)C(C)C)c1. The normalized spacial score (nSPS) is 12.5. The van der Waals surface area contributed by atoms with Crippen LogP contribution in [0.4, 0.5) is 0 Å². The van der Waals surface area contributed by atoms with E-state index in [1.54, 1.807) is 19.2 Å². The molecule has 0 saturated heterocycles. The van der Waals surface area contributed by atoms with Crippen LogP contribution in [0.25, 0.3) is 0 Å². The molecule has 0 saturated carbocycles. The third-order valence-corrected chi connectivity index (χ3v) is 2.82. The van der Waals surface area contributed by atoms with Crippen molar-refractivity contribution in [3.05, 3.63) is 35.4 Å². The fraction of sp³-hybridized carbons (Fsp3) is 0.500. The lowest BCUT2D eigenvalue weighted by atomic mass is 10.0. The summed E-state index contributed by atoms with van der Waals surface area (Å²) in [5.74, 6) is 0.0295. The summed E-state index contributed by atoms with van der Waals surface area (Å²) in [7, 11) is 1.62. The second kappa shape index (κ2) is 7.13. The molecular formula is C14H21NO3. The first kappa shape index (κ1) is 14.7. The zero-order valence-electron chi connectivity index (χ0n) is 11.1. The highest BCUT2D eigenvalue weighted by Gasteiger charge is 2.16. The summed E-state index contributed by atoms with van der Waals surface area (Å²) in [5, 5.41) is 12.0. The minimum Gasteiger partial charge on any atom is -0.394 e. The van der Waals surface area contributed by atoms with Crippen molar-refractivity contribution in [3.8, 4) is 0 Å². The number of hydrogen-bond acceptors (Lipinski definition) is 3. The molecule has 1 amide bonds. The Morgan fingerprint density at radius 2 is 2.17 bits per heavy atom. The summed E-state index contributed by atoms with van der Waals surface area (Å²) in [4.78, 5) is 12.0. The fourth-order valence-corrected chi connectivity index (χ4v) is 1.64. The molecule has 0 heterocycles. The van der Waals surface area contributed by atoms with Crippen molar-refractivity contribution in [2.75, 3.05) is 13.7 Å². The lowest BCUT2D eigenvalue weighted by Gasteiger charge is -2.20. The van der Waals surface area contributed by atoms with E-state index in [4.69, 9.17) is 4.74 Å². The van der Waals surface area contributed by atoms with Crippen molar-refractivity contribution < 1.29 is 14.6 Å². The predicted molar refractivity (Wildman–Crippen MR) is 70.3 cm³/mol. The number of ether oxygens (including phenoxy) is 1. The number of aliphatic hydroxyl groups is 1. The third-order valence-electron chi connectivity index (χ3n) is 2.82. The van der Waals surface area contributed by atoms with Gasteiger partial charge in [-0.15, -0.1) is 0 Å². The number of carbonyl (C=O) groups is 1. The molecule has 18 heavy (non-hydrogen) atoms. The van der Waals surface area contributed by atoms with Crippen LogP contribution in [0, 0.1) is 5.92 Å². The number of nitrogens with one attached hydrogen (secondary N) is 1. The second-order valence-electron chi connectivity index (χ2n) is 4.64. The van der Waals surface area contributed by atoms with Gasteiger partial charge in [-0.05, 0) is 23.6 Å². The molecule has 0 bridgehead atoms. The molecule has 0 radical (unpaired) electrons. The van der Waals surface area contributed by atoms with Gasteiger partial charge in [-0.3, -0.25) is 4.79 Å². The Morgan fingerprint density at radius 3 is 2.72 bits per heavy atom. The van der Waals surface area contributed by atoms with E-state index in [0.29, 0.717) is 12.2 Å². The van der Waals surface area contributed by atoms with Crippen LogP contribution >= 0.6 is 0 Å². The van der Waals surface area contributed by atoms with Gasteiger partial charge in [-0.25, -0.2) is 0 Å². The fourth-order valence-electron chi connectivity index (χ4n) is 1.64. The summed E-state index contributed by atoms with van der Waals surface area (Å²) in [6.07, 6.45) is 0. The molecule has 100 valence electrons. The molecule has 4 heteroatoms. The summed E-state index contributed by atoms with van der Waals surface area (Å²) in [6.45, 7) is 4.35. The highest BCUT2D eigenvalue weighted by molar-refractivity contribution is 5.94. The summed E-state index contributed by atoms with van der Waals surface area (Å²) in [5.41, 5.74) is 1.54. The van der Waals surface area contributed by atoms with Crippen LogP contribution in [0.15, 0.2) is 24.3 Å². The maximum atomic E-state index is 12.0. The molecule has 0 fully saturated rings. The van der Waals surface area contributed by atoms with Crippen molar-refractivity contribution in [1.29, 1.82) is 0 Å². The molecule has 1 aromatic carbocycles. The van der Waals surface area contributed by atoms with Crippen LogP contribution in [0.3, 0.4) is 0 Å². The summed E-state index contributed by atoms with van der Waals surface area (Å²) < 4.78 is 5.03. The molecule has 4 nitrogen and oxygen atoms in total. The number of hydrogen-bond donors (Lipinski definition) is 2. The van der Waals surface area contributed by atoms with Gasteiger partial charge in [0.15, 0.2) is 0 Å². The minimum atomic E-state index is -0.219. The van der Waals surface area contributed by atoms with Crippen LogP contribution in [0.5, 0.6) is 0 Å². The van der Waals surface area contributed by atoms with Gasteiger partial charge >= 0.3 is 0 Å². The van der Waals surface area contributed by atoms with E-state index in [0.717, 1.165) is 5.56 Å². The van der Waals surface area contributed by atoms with Crippen molar-refractivity contribution in [2.24, 2.45) is 5.92 Å². The molecule has 1 rings (SSSR count). The number of carbonyl (C=O) groups excluding carboxylic acids is 1. The molecule has 2 N–H and O–H groups in total. The molecule has 1 atom stereocenters. The number of aliphatic hydroxyl groups excluding tert-OH is 1. The molecular weight excluding hydrogens is 230 g/mol. The second-order valence-corrected chi connectivity index (χ2v) is 4.64. The van der Waals surface area contributed by atoms with Gasteiger partial charge in [0.1, 0.15) is 0 Å². The first-order valence-corrected chi connectivity index (χ1v) is 6.08. The molecule has 1 aromatic rings. The highest BCUT2D eigenvalue weighted by Crippen LogP contribution is 2.08. The standard InChI is InChI=1S/C14H21NO3/c1-10(2)13(8-16)15-14(17)12-6-4-5-11(7-12)9-18-3/h4-7,10,13,16H,8-9H2,1-3H3,(H,15,17)/t13-/m1/s1. The van der Waals surface area contributed by atoms with Gasteiger partial charge in [0.25, 0.3) is 5.91 Å². The van der Waals surface area contributed by atoms with Crippen molar-refractivity contribution >= 4 is 5.91 Å². The van der Waals surface area contributed by atoms with E-state index in [2.05, 4.69) is 5.32 Å². The number of benzene rings is 1. The largest absolute Gasteiger partial charge is 0.394 e. The van der Waals surface area contributed by atoms with Crippen molar-refractivity contribution in [3.63, 3.8) is 0 Å². The molecule has 0 unspecified atom stereocenters. The maximum Gasteiger partial charge on any atom is 0.251 e. The van der Waals surface area contributed by atoms with Crippen LogP contribution in [-0.4, -0.2) is 30.8 Å². The van der Waals surface area contributed by atoms with Gasteiger partial charge in [-0.2, -0.15) is 0 Å². The average Bonchev–Trinajstić information content (AvgIpc) is 2.36. The number of methoxy groups -OCH3 is 1.